The summed E-state index contributed by atoms with van der Waals surface area (Å²) in [5, 5.41) is 8.75. The zero-order valence-corrected chi connectivity index (χ0v) is 15.9. The second kappa shape index (κ2) is 6.32. The van der Waals surface area contributed by atoms with Gasteiger partial charge in [0.1, 0.15) is 0 Å². The Bertz CT molecular complexity index is 568. The van der Waals surface area contributed by atoms with E-state index in [9.17, 15) is 4.79 Å². The molecule has 0 heterocycles. The van der Waals surface area contributed by atoms with Gasteiger partial charge < -0.3 is 9.84 Å². The first kappa shape index (κ1) is 17.4. The molecule has 0 radical (unpaired) electrons. The van der Waals surface area contributed by atoms with Gasteiger partial charge in [0.25, 0.3) is 0 Å². The summed E-state index contributed by atoms with van der Waals surface area (Å²) >= 11 is 0. The van der Waals surface area contributed by atoms with E-state index in [1.807, 2.05) is 0 Å². The predicted molar refractivity (Wildman–Crippen MR) is 98.4 cm³/mol. The quantitative estimate of drug-likeness (QED) is 0.500. The van der Waals surface area contributed by atoms with Gasteiger partial charge in [-0.25, -0.2) is 4.79 Å². The Morgan fingerprint density at radius 2 is 2.04 bits per heavy atom. The molecule has 4 rings (SSSR count). The average molecular weight is 347 g/mol. The van der Waals surface area contributed by atoms with Crippen LogP contribution >= 0.6 is 0 Å². The Morgan fingerprint density at radius 3 is 2.84 bits per heavy atom. The van der Waals surface area contributed by atoms with Crippen LogP contribution in [-0.4, -0.2) is 17.9 Å². The number of hydrogen-bond acceptors (Lipinski definition) is 2. The third-order valence-corrected chi connectivity index (χ3v) is 8.92. The highest BCUT2D eigenvalue weighted by molar-refractivity contribution is 5.56. The maximum Gasteiger partial charge on any atom is 0.505 e. The van der Waals surface area contributed by atoms with Crippen molar-refractivity contribution in [1.29, 1.82) is 0 Å². The third-order valence-electron chi connectivity index (χ3n) is 8.92. The van der Waals surface area contributed by atoms with E-state index in [1.54, 1.807) is 5.57 Å². The van der Waals surface area contributed by atoms with E-state index in [0.717, 1.165) is 24.2 Å². The number of carboxylic acid groups (broad SMARTS) is 1. The average Bonchev–Trinajstić information content (AvgIpc) is 2.91. The molecule has 0 aromatic rings. The fourth-order valence-electron chi connectivity index (χ4n) is 7.63. The Labute approximate surface area is 152 Å². The third kappa shape index (κ3) is 2.73. The van der Waals surface area contributed by atoms with E-state index in [2.05, 4.69) is 19.9 Å². The van der Waals surface area contributed by atoms with Crippen LogP contribution in [0.3, 0.4) is 0 Å². The standard InChI is InChI=1S/C22H34O3/c1-21-12-4-3-5-15(21)6-8-17-18-9-7-16(11-14-25-20(23)24)22(18,2)13-10-19(17)21/h5,16-19H,3-4,6-14H2,1-2H3,(H,23,24)/t16-,17+,18+,19+,21+,22-/m1/s1. The van der Waals surface area contributed by atoms with Crippen molar-refractivity contribution in [1.82, 2.24) is 0 Å². The van der Waals surface area contributed by atoms with Crippen LogP contribution in [0.5, 0.6) is 0 Å². The summed E-state index contributed by atoms with van der Waals surface area (Å²) in [5.74, 6) is 3.28. The van der Waals surface area contributed by atoms with Crippen molar-refractivity contribution in [3.63, 3.8) is 0 Å². The molecule has 6 atom stereocenters. The van der Waals surface area contributed by atoms with Gasteiger partial charge in [0.05, 0.1) is 6.61 Å². The van der Waals surface area contributed by atoms with Gasteiger partial charge in [-0.3, -0.25) is 0 Å². The molecule has 1 N–H and O–H groups in total. The van der Waals surface area contributed by atoms with Gasteiger partial charge in [0, 0.05) is 0 Å². The molecule has 0 spiro atoms. The van der Waals surface area contributed by atoms with Crippen molar-refractivity contribution in [3.05, 3.63) is 11.6 Å². The highest BCUT2D eigenvalue weighted by Crippen LogP contribution is 2.67. The minimum atomic E-state index is -1.12. The molecule has 0 aliphatic heterocycles. The molecule has 4 aliphatic carbocycles. The van der Waals surface area contributed by atoms with E-state index < -0.39 is 6.16 Å². The number of fused-ring (bicyclic) bond motifs is 5. The molecule has 140 valence electrons. The zero-order valence-electron chi connectivity index (χ0n) is 15.9. The summed E-state index contributed by atoms with van der Waals surface area (Å²) in [4.78, 5) is 10.7. The van der Waals surface area contributed by atoms with Gasteiger partial charge in [-0.15, -0.1) is 0 Å². The van der Waals surface area contributed by atoms with Crippen LogP contribution in [0.1, 0.15) is 78.1 Å². The lowest BCUT2D eigenvalue weighted by atomic mass is 9.47. The lowest BCUT2D eigenvalue weighted by Gasteiger charge is -2.58. The molecule has 4 aliphatic rings. The topological polar surface area (TPSA) is 46.5 Å². The lowest BCUT2D eigenvalue weighted by molar-refractivity contribution is -0.0544. The smallest absolute Gasteiger partial charge is 0.450 e. The maximum absolute atomic E-state index is 10.7. The first-order valence-electron chi connectivity index (χ1n) is 10.5. The number of ether oxygens (including phenoxy) is 1. The molecule has 0 unspecified atom stereocenters. The number of carbonyl (C=O) groups is 1. The van der Waals surface area contributed by atoms with Crippen LogP contribution in [0.15, 0.2) is 11.6 Å². The summed E-state index contributed by atoms with van der Waals surface area (Å²) in [7, 11) is 0. The summed E-state index contributed by atoms with van der Waals surface area (Å²) in [6, 6.07) is 0. The van der Waals surface area contributed by atoms with Crippen LogP contribution in [0.2, 0.25) is 0 Å². The summed E-state index contributed by atoms with van der Waals surface area (Å²) in [5.41, 5.74) is 2.68. The normalized spacial score (nSPS) is 45.8. The number of rotatable bonds is 3. The molecule has 3 fully saturated rings. The van der Waals surface area contributed by atoms with E-state index in [-0.39, 0.29) is 0 Å². The van der Waals surface area contributed by atoms with Crippen LogP contribution < -0.4 is 0 Å². The molecule has 3 saturated carbocycles. The minimum Gasteiger partial charge on any atom is -0.450 e. The van der Waals surface area contributed by atoms with Crippen LogP contribution in [0.25, 0.3) is 0 Å². The zero-order chi connectivity index (χ0) is 17.7. The molecule has 0 aromatic heterocycles. The fraction of sp³-hybridized carbons (Fsp3) is 0.864. The lowest BCUT2D eigenvalue weighted by Crippen LogP contribution is -2.50. The van der Waals surface area contributed by atoms with Crippen molar-refractivity contribution < 1.29 is 14.6 Å². The Kier molecular flexibility index (Phi) is 4.40. The summed E-state index contributed by atoms with van der Waals surface area (Å²) in [6.45, 7) is 5.46. The van der Waals surface area contributed by atoms with Crippen molar-refractivity contribution >= 4 is 6.16 Å². The predicted octanol–water partition coefficient (Wildman–Crippen LogP) is 6.04. The van der Waals surface area contributed by atoms with Crippen molar-refractivity contribution in [2.45, 2.75) is 78.1 Å². The number of allylic oxidation sites excluding steroid dienone is 2. The van der Waals surface area contributed by atoms with Gasteiger partial charge in [-0.05, 0) is 98.7 Å². The molecular weight excluding hydrogens is 312 g/mol. The molecule has 0 aromatic carbocycles. The van der Waals surface area contributed by atoms with E-state index in [4.69, 9.17) is 9.84 Å². The largest absolute Gasteiger partial charge is 0.505 e. The van der Waals surface area contributed by atoms with Gasteiger partial charge in [-0.2, -0.15) is 0 Å². The second-order valence-electron chi connectivity index (χ2n) is 9.68. The molecule has 3 heteroatoms. The van der Waals surface area contributed by atoms with Gasteiger partial charge in [0.2, 0.25) is 0 Å². The SMILES string of the molecule is C[C@]12CC[C@H]3[C@@H](CCC4=CCCC[C@@]43C)[C@@H]1CC[C@@H]2CCOC(=O)O. The molecule has 0 saturated heterocycles. The molecule has 0 bridgehead atoms. The first-order chi connectivity index (χ1) is 11.9. The van der Waals surface area contributed by atoms with Crippen molar-refractivity contribution in [3.8, 4) is 0 Å². The number of hydrogen-bond donors (Lipinski definition) is 1. The molecular formula is C22H34O3. The van der Waals surface area contributed by atoms with Crippen molar-refractivity contribution in [2.24, 2.45) is 34.5 Å². The minimum absolute atomic E-state index is 0.376. The van der Waals surface area contributed by atoms with Gasteiger partial charge in [0.15, 0.2) is 0 Å². The summed E-state index contributed by atoms with van der Waals surface area (Å²) in [6.07, 6.45) is 14.5. The highest BCUT2D eigenvalue weighted by Gasteiger charge is 2.58. The van der Waals surface area contributed by atoms with E-state index in [0.29, 0.717) is 23.4 Å². The first-order valence-corrected chi connectivity index (χ1v) is 10.5. The highest BCUT2D eigenvalue weighted by atomic mass is 16.7. The molecule has 0 amide bonds. The van der Waals surface area contributed by atoms with Gasteiger partial charge >= 0.3 is 6.16 Å². The van der Waals surface area contributed by atoms with Crippen LogP contribution in [0.4, 0.5) is 4.79 Å². The monoisotopic (exact) mass is 346 g/mol. The van der Waals surface area contributed by atoms with Crippen LogP contribution in [-0.2, 0) is 4.74 Å². The van der Waals surface area contributed by atoms with E-state index >= 15 is 0 Å². The van der Waals surface area contributed by atoms with E-state index in [1.165, 1.54) is 57.8 Å². The van der Waals surface area contributed by atoms with Crippen molar-refractivity contribution in [2.75, 3.05) is 6.61 Å². The van der Waals surface area contributed by atoms with Gasteiger partial charge in [-0.1, -0.05) is 25.5 Å². The van der Waals surface area contributed by atoms with Crippen LogP contribution in [0, 0.1) is 34.5 Å². The summed E-state index contributed by atoms with van der Waals surface area (Å²) < 4.78 is 4.83. The Hall–Kier alpha value is -0.990. The molecule has 3 nitrogen and oxygen atoms in total. The fourth-order valence-corrected chi connectivity index (χ4v) is 7.63. The Balaban J connectivity index is 1.51. The maximum atomic E-state index is 10.7. The second-order valence-corrected chi connectivity index (χ2v) is 9.68. The Morgan fingerprint density at radius 1 is 1.20 bits per heavy atom. The molecule has 25 heavy (non-hydrogen) atoms.